The predicted molar refractivity (Wildman–Crippen MR) is 113 cm³/mol. The van der Waals surface area contributed by atoms with Crippen molar-refractivity contribution >= 4 is 17.4 Å². The van der Waals surface area contributed by atoms with Gasteiger partial charge >= 0.3 is 5.97 Å². The zero-order valence-corrected chi connectivity index (χ0v) is 17.3. The largest absolute Gasteiger partial charge is 0.454 e. The highest BCUT2D eigenvalue weighted by Gasteiger charge is 2.19. The van der Waals surface area contributed by atoms with Crippen molar-refractivity contribution in [1.29, 1.82) is 0 Å². The number of ether oxygens (including phenoxy) is 1. The van der Waals surface area contributed by atoms with Gasteiger partial charge in [-0.3, -0.25) is 14.9 Å². The van der Waals surface area contributed by atoms with E-state index < -0.39 is 17.5 Å². The Morgan fingerprint density at radius 3 is 2.70 bits per heavy atom. The second-order valence-corrected chi connectivity index (χ2v) is 7.60. The number of nitrogens with zero attached hydrogens (tertiary/aromatic N) is 2. The minimum atomic E-state index is -0.759. The molecule has 0 atom stereocenters. The van der Waals surface area contributed by atoms with E-state index in [1.165, 1.54) is 36.6 Å². The topological polar surface area (TPSA) is 91.4 Å². The van der Waals surface area contributed by atoms with Crippen LogP contribution in [-0.4, -0.2) is 27.8 Å². The third-order valence-corrected chi connectivity index (χ3v) is 5.54. The van der Waals surface area contributed by atoms with Crippen molar-refractivity contribution in [2.24, 2.45) is 0 Å². The maximum atomic E-state index is 12.6. The molecule has 1 aliphatic carbocycles. The van der Waals surface area contributed by atoms with Crippen molar-refractivity contribution in [3.05, 3.63) is 74.6 Å². The molecule has 1 aromatic heterocycles. The summed E-state index contributed by atoms with van der Waals surface area (Å²) in [5.41, 5.74) is 3.72. The maximum absolute atomic E-state index is 12.6. The molecular formula is C23H26N2O5. The number of benzene rings is 1. The molecule has 1 aliphatic rings. The fourth-order valence-corrected chi connectivity index (χ4v) is 3.85. The molecule has 2 aromatic rings. The van der Waals surface area contributed by atoms with E-state index in [0.717, 1.165) is 43.3 Å². The first-order valence-corrected chi connectivity index (χ1v) is 10.2. The van der Waals surface area contributed by atoms with Gasteiger partial charge in [0.25, 0.3) is 5.69 Å². The number of ketones is 1. The lowest BCUT2D eigenvalue weighted by atomic mass is 9.97. The SMILES string of the molecule is Cc1cc(C(=O)COC(=O)c2cccc([N+](=O)[O-])c2)c(C)n1CCC1=CCCCC1. The van der Waals surface area contributed by atoms with Crippen molar-refractivity contribution in [3.63, 3.8) is 0 Å². The number of rotatable bonds is 8. The van der Waals surface area contributed by atoms with E-state index in [9.17, 15) is 19.7 Å². The first-order chi connectivity index (χ1) is 14.4. The van der Waals surface area contributed by atoms with Gasteiger partial charge in [-0.05, 0) is 58.1 Å². The number of allylic oxidation sites excluding steroid dienone is 2. The van der Waals surface area contributed by atoms with Crippen LogP contribution in [0.25, 0.3) is 0 Å². The van der Waals surface area contributed by atoms with Crippen LogP contribution in [0.2, 0.25) is 0 Å². The minimum absolute atomic E-state index is 0.0447. The Balaban J connectivity index is 1.62. The van der Waals surface area contributed by atoms with Crippen molar-refractivity contribution in [2.45, 2.75) is 52.5 Å². The highest BCUT2D eigenvalue weighted by Crippen LogP contribution is 2.23. The quantitative estimate of drug-likeness (QED) is 0.202. The number of aryl methyl sites for hydroxylation is 1. The van der Waals surface area contributed by atoms with Gasteiger partial charge in [-0.2, -0.15) is 0 Å². The van der Waals surface area contributed by atoms with Crippen LogP contribution in [0, 0.1) is 24.0 Å². The monoisotopic (exact) mass is 410 g/mol. The maximum Gasteiger partial charge on any atom is 0.338 e. The van der Waals surface area contributed by atoms with Gasteiger partial charge in [-0.25, -0.2) is 4.79 Å². The molecule has 0 bridgehead atoms. The number of carbonyl (C=O) groups excluding carboxylic acids is 2. The number of nitro benzene ring substituents is 1. The molecule has 0 spiro atoms. The molecule has 0 fully saturated rings. The zero-order chi connectivity index (χ0) is 21.7. The van der Waals surface area contributed by atoms with Crippen LogP contribution in [0.4, 0.5) is 5.69 Å². The summed E-state index contributed by atoms with van der Waals surface area (Å²) in [6.07, 6.45) is 8.12. The Hall–Kier alpha value is -3.22. The molecule has 7 heteroatoms. The minimum Gasteiger partial charge on any atom is -0.454 e. The molecule has 0 aliphatic heterocycles. The van der Waals surface area contributed by atoms with Crippen LogP contribution in [0.15, 0.2) is 42.0 Å². The smallest absolute Gasteiger partial charge is 0.338 e. The lowest BCUT2D eigenvalue weighted by molar-refractivity contribution is -0.384. The summed E-state index contributed by atoms with van der Waals surface area (Å²) in [6.45, 7) is 4.28. The summed E-state index contributed by atoms with van der Waals surface area (Å²) in [5, 5.41) is 10.8. The summed E-state index contributed by atoms with van der Waals surface area (Å²) in [4.78, 5) is 35.1. The predicted octanol–water partition coefficient (Wildman–Crippen LogP) is 4.94. The third kappa shape index (κ3) is 5.03. The Kier molecular flexibility index (Phi) is 6.82. The van der Waals surface area contributed by atoms with E-state index in [1.54, 1.807) is 0 Å². The molecule has 7 nitrogen and oxygen atoms in total. The second-order valence-electron chi connectivity index (χ2n) is 7.60. The Morgan fingerprint density at radius 2 is 2.00 bits per heavy atom. The van der Waals surface area contributed by atoms with Gasteiger partial charge in [0.05, 0.1) is 10.5 Å². The molecule has 0 radical (unpaired) electrons. The fraction of sp³-hybridized carbons (Fsp3) is 0.391. The van der Waals surface area contributed by atoms with Crippen LogP contribution in [-0.2, 0) is 11.3 Å². The molecule has 1 heterocycles. The van der Waals surface area contributed by atoms with Crippen molar-refractivity contribution in [3.8, 4) is 0 Å². The lowest BCUT2D eigenvalue weighted by Crippen LogP contribution is -2.15. The van der Waals surface area contributed by atoms with Gasteiger partial charge in [-0.15, -0.1) is 0 Å². The summed E-state index contributed by atoms with van der Waals surface area (Å²) in [5.74, 6) is -1.05. The number of non-ortho nitro benzene ring substituents is 1. The molecule has 0 saturated carbocycles. The number of nitro groups is 1. The van der Waals surface area contributed by atoms with Crippen LogP contribution in [0.3, 0.4) is 0 Å². The molecule has 0 unspecified atom stereocenters. The average Bonchev–Trinajstić information content (AvgIpc) is 3.04. The number of carbonyl (C=O) groups is 2. The Bertz CT molecular complexity index is 1000. The van der Waals surface area contributed by atoms with Gasteiger partial charge in [0.1, 0.15) is 0 Å². The van der Waals surface area contributed by atoms with E-state index in [2.05, 4.69) is 10.6 Å². The molecule has 1 aromatic carbocycles. The normalized spacial score (nSPS) is 13.6. The zero-order valence-electron chi connectivity index (χ0n) is 17.3. The van der Waals surface area contributed by atoms with Crippen LogP contribution in [0.5, 0.6) is 0 Å². The van der Waals surface area contributed by atoms with Gasteiger partial charge in [-0.1, -0.05) is 17.7 Å². The fourth-order valence-electron chi connectivity index (χ4n) is 3.85. The first-order valence-electron chi connectivity index (χ1n) is 10.2. The van der Waals surface area contributed by atoms with E-state index in [-0.39, 0.29) is 17.0 Å². The number of Topliss-reactive ketones (excluding diaryl/α,β-unsaturated/α-hetero) is 1. The molecule has 158 valence electrons. The van der Waals surface area contributed by atoms with E-state index in [4.69, 9.17) is 4.74 Å². The number of hydrogen-bond acceptors (Lipinski definition) is 5. The van der Waals surface area contributed by atoms with Gasteiger partial charge < -0.3 is 9.30 Å². The van der Waals surface area contributed by atoms with Gasteiger partial charge in [0.15, 0.2) is 6.61 Å². The van der Waals surface area contributed by atoms with E-state index in [0.29, 0.717) is 5.56 Å². The third-order valence-electron chi connectivity index (χ3n) is 5.54. The highest BCUT2D eigenvalue weighted by molar-refractivity contribution is 6.00. The van der Waals surface area contributed by atoms with Gasteiger partial charge in [0, 0.05) is 35.6 Å². The average molecular weight is 410 g/mol. The summed E-state index contributed by atoms with van der Waals surface area (Å²) >= 11 is 0. The molecular weight excluding hydrogens is 384 g/mol. The van der Waals surface area contributed by atoms with Crippen molar-refractivity contribution in [1.82, 2.24) is 4.57 Å². The molecule has 30 heavy (non-hydrogen) atoms. The van der Waals surface area contributed by atoms with E-state index in [1.807, 2.05) is 19.9 Å². The lowest BCUT2D eigenvalue weighted by Gasteiger charge is -2.15. The van der Waals surface area contributed by atoms with Crippen molar-refractivity contribution < 1.29 is 19.2 Å². The van der Waals surface area contributed by atoms with E-state index >= 15 is 0 Å². The summed E-state index contributed by atoms with van der Waals surface area (Å²) in [7, 11) is 0. The number of aromatic nitrogens is 1. The number of esters is 1. The molecule has 0 N–H and O–H groups in total. The summed E-state index contributed by atoms with van der Waals surface area (Å²) in [6, 6.07) is 7.09. The van der Waals surface area contributed by atoms with Crippen LogP contribution in [0.1, 0.15) is 64.2 Å². The first kappa shape index (κ1) is 21.5. The van der Waals surface area contributed by atoms with Crippen LogP contribution >= 0.6 is 0 Å². The van der Waals surface area contributed by atoms with Crippen molar-refractivity contribution in [2.75, 3.05) is 6.61 Å². The molecule has 0 amide bonds. The Labute approximate surface area is 175 Å². The molecule has 0 saturated heterocycles. The highest BCUT2D eigenvalue weighted by atomic mass is 16.6. The summed E-state index contributed by atoms with van der Waals surface area (Å²) < 4.78 is 7.24. The van der Waals surface area contributed by atoms with Gasteiger partial charge in [0.2, 0.25) is 5.78 Å². The number of hydrogen-bond donors (Lipinski definition) is 0. The Morgan fingerprint density at radius 1 is 1.20 bits per heavy atom. The second kappa shape index (κ2) is 9.52. The standard InChI is InChI=1S/C23H26N2O5/c1-16-13-21(17(2)24(16)12-11-18-7-4-3-5-8-18)22(26)15-30-23(27)19-9-6-10-20(14-19)25(28)29/h6-7,9-10,13-14H,3-5,8,11-12,15H2,1-2H3. The van der Waals surface area contributed by atoms with Crippen LogP contribution < -0.4 is 0 Å². The molecule has 3 rings (SSSR count).